The van der Waals surface area contributed by atoms with Crippen molar-refractivity contribution in [2.24, 2.45) is 0 Å². The predicted molar refractivity (Wildman–Crippen MR) is 115 cm³/mol. The summed E-state index contributed by atoms with van der Waals surface area (Å²) >= 11 is 0. The van der Waals surface area contributed by atoms with Gasteiger partial charge in [0.15, 0.2) is 5.82 Å². The monoisotopic (exact) mass is 411 g/mol. The van der Waals surface area contributed by atoms with Crippen molar-refractivity contribution in [2.75, 3.05) is 14.2 Å². The number of hydrogen-bond donors (Lipinski definition) is 1. The summed E-state index contributed by atoms with van der Waals surface area (Å²) in [5.74, 6) is 2.43. The maximum absolute atomic E-state index is 12.2. The molecule has 8 heteroatoms. The first-order valence-electron chi connectivity index (χ1n) is 10.1. The lowest BCUT2D eigenvalue weighted by Gasteiger charge is -2.13. The Hall–Kier alpha value is -3.16. The van der Waals surface area contributed by atoms with Crippen molar-refractivity contribution in [1.29, 1.82) is 0 Å². The van der Waals surface area contributed by atoms with Gasteiger partial charge in [0.05, 0.1) is 14.2 Å². The summed E-state index contributed by atoms with van der Waals surface area (Å²) in [5.41, 5.74) is 3.59. The van der Waals surface area contributed by atoms with Gasteiger partial charge >= 0.3 is 0 Å². The van der Waals surface area contributed by atoms with Crippen LogP contribution >= 0.6 is 0 Å². The molecule has 0 aliphatic rings. The molecule has 8 nitrogen and oxygen atoms in total. The van der Waals surface area contributed by atoms with Crippen LogP contribution in [0.1, 0.15) is 43.6 Å². The standard InChI is InChI=1S/C22H29N5O3/c1-7-13(2)23-20(28)9-8-19-14(3)24-22-25-21(26-27(22)15(19)4)16-10-17(29-5)12-18(11-16)30-6/h10-13H,7-9H2,1-6H3,(H,23,28)/t13-/m1/s1. The SMILES string of the molecule is CC[C@@H](C)NC(=O)CCc1c(C)nc2nc(-c3cc(OC)cc(OC)c3)nn2c1C. The van der Waals surface area contributed by atoms with Crippen LogP contribution in [0.5, 0.6) is 11.5 Å². The third-order valence-electron chi connectivity index (χ3n) is 5.28. The summed E-state index contributed by atoms with van der Waals surface area (Å²) in [7, 11) is 3.21. The van der Waals surface area contributed by atoms with Gasteiger partial charge in [0.25, 0.3) is 5.78 Å². The first kappa shape index (κ1) is 21.5. The third kappa shape index (κ3) is 4.53. The number of amides is 1. The third-order valence-corrected chi connectivity index (χ3v) is 5.28. The van der Waals surface area contributed by atoms with E-state index >= 15 is 0 Å². The molecule has 160 valence electrons. The van der Waals surface area contributed by atoms with Gasteiger partial charge in [0.1, 0.15) is 11.5 Å². The Morgan fingerprint density at radius 1 is 1.13 bits per heavy atom. The second-order valence-corrected chi connectivity index (χ2v) is 7.39. The molecule has 0 spiro atoms. The molecule has 0 aliphatic heterocycles. The van der Waals surface area contributed by atoms with E-state index in [0.29, 0.717) is 35.9 Å². The van der Waals surface area contributed by atoms with Crippen LogP contribution in [0.3, 0.4) is 0 Å². The van der Waals surface area contributed by atoms with Crippen LogP contribution in [-0.2, 0) is 11.2 Å². The van der Waals surface area contributed by atoms with Crippen LogP contribution in [0, 0.1) is 13.8 Å². The van der Waals surface area contributed by atoms with Crippen LogP contribution in [0.15, 0.2) is 18.2 Å². The van der Waals surface area contributed by atoms with Crippen molar-refractivity contribution < 1.29 is 14.3 Å². The Morgan fingerprint density at radius 3 is 2.40 bits per heavy atom. The van der Waals surface area contributed by atoms with Crippen molar-refractivity contribution in [3.8, 4) is 22.9 Å². The van der Waals surface area contributed by atoms with E-state index in [1.807, 2.05) is 32.9 Å². The van der Waals surface area contributed by atoms with Crippen molar-refractivity contribution in [3.05, 3.63) is 35.2 Å². The molecule has 2 aromatic heterocycles. The van der Waals surface area contributed by atoms with E-state index < -0.39 is 0 Å². The predicted octanol–water partition coefficient (Wildman–Crippen LogP) is 3.27. The fraction of sp³-hybridized carbons (Fsp3) is 0.455. The van der Waals surface area contributed by atoms with E-state index in [1.165, 1.54) is 0 Å². The van der Waals surface area contributed by atoms with Gasteiger partial charge in [0, 0.05) is 35.5 Å². The minimum Gasteiger partial charge on any atom is -0.497 e. The molecule has 1 aromatic carbocycles. The van der Waals surface area contributed by atoms with Gasteiger partial charge in [-0.2, -0.15) is 4.98 Å². The number of benzene rings is 1. The summed E-state index contributed by atoms with van der Waals surface area (Å²) in [4.78, 5) is 21.4. The number of carbonyl (C=O) groups excluding carboxylic acids is 1. The van der Waals surface area contributed by atoms with Crippen LogP contribution < -0.4 is 14.8 Å². The topological polar surface area (TPSA) is 90.6 Å². The summed E-state index contributed by atoms with van der Waals surface area (Å²) in [6, 6.07) is 5.70. The molecule has 1 atom stereocenters. The molecular weight excluding hydrogens is 382 g/mol. The maximum atomic E-state index is 12.2. The maximum Gasteiger partial charge on any atom is 0.253 e. The van der Waals surface area contributed by atoms with E-state index in [9.17, 15) is 4.79 Å². The molecule has 0 saturated heterocycles. The number of hydrogen-bond acceptors (Lipinski definition) is 6. The highest BCUT2D eigenvalue weighted by molar-refractivity contribution is 5.76. The fourth-order valence-corrected chi connectivity index (χ4v) is 3.32. The number of carbonyl (C=O) groups is 1. The fourth-order valence-electron chi connectivity index (χ4n) is 3.32. The highest BCUT2D eigenvalue weighted by Crippen LogP contribution is 2.28. The minimum absolute atomic E-state index is 0.0472. The lowest BCUT2D eigenvalue weighted by molar-refractivity contribution is -0.121. The molecule has 2 heterocycles. The summed E-state index contributed by atoms with van der Waals surface area (Å²) < 4.78 is 12.4. The van der Waals surface area contributed by atoms with Crippen LogP contribution in [0.25, 0.3) is 17.2 Å². The molecule has 0 radical (unpaired) electrons. The van der Waals surface area contributed by atoms with Crippen molar-refractivity contribution in [3.63, 3.8) is 0 Å². The smallest absolute Gasteiger partial charge is 0.253 e. The Labute approximate surface area is 176 Å². The van der Waals surface area contributed by atoms with Crippen LogP contribution in [0.4, 0.5) is 0 Å². The number of aromatic nitrogens is 4. The van der Waals surface area contributed by atoms with Gasteiger partial charge < -0.3 is 14.8 Å². The van der Waals surface area contributed by atoms with Gasteiger partial charge in [0.2, 0.25) is 5.91 Å². The molecule has 0 fully saturated rings. The summed E-state index contributed by atoms with van der Waals surface area (Å²) in [5, 5.41) is 7.66. The van der Waals surface area contributed by atoms with Gasteiger partial charge in [-0.15, -0.1) is 5.10 Å². The number of aryl methyl sites for hydroxylation is 2. The Balaban J connectivity index is 1.92. The van der Waals surface area contributed by atoms with E-state index in [-0.39, 0.29) is 11.9 Å². The van der Waals surface area contributed by atoms with E-state index in [4.69, 9.17) is 9.47 Å². The molecule has 3 rings (SSSR count). The van der Waals surface area contributed by atoms with E-state index in [1.54, 1.807) is 24.8 Å². The first-order valence-corrected chi connectivity index (χ1v) is 10.1. The van der Waals surface area contributed by atoms with Gasteiger partial charge in [-0.3, -0.25) is 4.79 Å². The molecule has 3 aromatic rings. The highest BCUT2D eigenvalue weighted by atomic mass is 16.5. The van der Waals surface area contributed by atoms with Crippen LogP contribution in [-0.4, -0.2) is 45.8 Å². The molecule has 1 N–H and O–H groups in total. The van der Waals surface area contributed by atoms with E-state index in [2.05, 4.69) is 27.3 Å². The molecular formula is C22H29N5O3. The Morgan fingerprint density at radius 2 is 1.80 bits per heavy atom. The summed E-state index contributed by atoms with van der Waals surface area (Å²) in [6.07, 6.45) is 1.92. The largest absolute Gasteiger partial charge is 0.497 e. The zero-order valence-electron chi connectivity index (χ0n) is 18.4. The number of ether oxygens (including phenoxy) is 2. The second kappa shape index (κ2) is 9.11. The number of nitrogens with zero attached hydrogens (tertiary/aromatic N) is 4. The highest BCUT2D eigenvalue weighted by Gasteiger charge is 2.17. The average molecular weight is 412 g/mol. The first-order chi connectivity index (χ1) is 14.4. The van der Waals surface area contributed by atoms with Crippen molar-refractivity contribution >= 4 is 11.7 Å². The Kier molecular flexibility index (Phi) is 6.54. The number of nitrogens with one attached hydrogen (secondary N) is 1. The molecule has 0 saturated carbocycles. The average Bonchev–Trinajstić information content (AvgIpc) is 3.17. The normalized spacial score (nSPS) is 12.1. The number of methoxy groups -OCH3 is 2. The van der Waals surface area contributed by atoms with Gasteiger partial charge in [-0.05, 0) is 51.3 Å². The zero-order valence-corrected chi connectivity index (χ0v) is 18.4. The van der Waals surface area contributed by atoms with Crippen molar-refractivity contribution in [2.45, 2.75) is 53.0 Å². The minimum atomic E-state index is 0.0472. The number of rotatable bonds is 8. The quantitative estimate of drug-likeness (QED) is 0.612. The lowest BCUT2D eigenvalue weighted by atomic mass is 10.1. The van der Waals surface area contributed by atoms with Gasteiger partial charge in [-0.25, -0.2) is 9.50 Å². The Bertz CT molecular complexity index is 1040. The van der Waals surface area contributed by atoms with Crippen LogP contribution in [0.2, 0.25) is 0 Å². The zero-order chi connectivity index (χ0) is 21.8. The van der Waals surface area contributed by atoms with Gasteiger partial charge in [-0.1, -0.05) is 6.92 Å². The van der Waals surface area contributed by atoms with E-state index in [0.717, 1.165) is 28.9 Å². The van der Waals surface area contributed by atoms with Crippen molar-refractivity contribution in [1.82, 2.24) is 24.9 Å². The molecule has 1 amide bonds. The number of fused-ring (bicyclic) bond motifs is 1. The molecule has 0 bridgehead atoms. The molecule has 0 aliphatic carbocycles. The summed E-state index contributed by atoms with van der Waals surface area (Å²) in [6.45, 7) is 7.98. The lowest BCUT2D eigenvalue weighted by Crippen LogP contribution is -2.32. The molecule has 0 unspecified atom stereocenters. The second-order valence-electron chi connectivity index (χ2n) is 7.39. The molecule has 30 heavy (non-hydrogen) atoms.